The summed E-state index contributed by atoms with van der Waals surface area (Å²) in [6.07, 6.45) is 6.53. The molecule has 0 aromatic carbocycles. The van der Waals surface area contributed by atoms with E-state index >= 15 is 0 Å². The molecule has 4 nitrogen and oxygen atoms in total. The third-order valence-electron chi connectivity index (χ3n) is 3.76. The third-order valence-corrected chi connectivity index (χ3v) is 5.20. The summed E-state index contributed by atoms with van der Waals surface area (Å²) in [4.78, 5) is 16.6. The Morgan fingerprint density at radius 2 is 2.10 bits per heavy atom. The van der Waals surface area contributed by atoms with E-state index in [2.05, 4.69) is 21.9 Å². The molecular weight excluding hydrogens is 306 g/mol. The molecule has 0 aliphatic heterocycles. The summed E-state index contributed by atoms with van der Waals surface area (Å²) in [5.41, 5.74) is 0.308. The van der Waals surface area contributed by atoms with E-state index in [1.807, 2.05) is 18.7 Å². The van der Waals surface area contributed by atoms with Gasteiger partial charge < -0.3 is 10.6 Å². The first-order valence-corrected chi connectivity index (χ1v) is 9.04. The van der Waals surface area contributed by atoms with Crippen LogP contribution in [0.15, 0.2) is 12.1 Å². The molecule has 1 aromatic rings. The molecule has 0 radical (unpaired) electrons. The highest BCUT2D eigenvalue weighted by molar-refractivity contribution is 7.99. The first-order valence-electron chi connectivity index (χ1n) is 7.38. The molecule has 1 aliphatic carbocycles. The summed E-state index contributed by atoms with van der Waals surface area (Å²) in [7, 11) is 0. The van der Waals surface area contributed by atoms with Gasteiger partial charge >= 0.3 is 0 Å². The molecule has 1 fully saturated rings. The lowest BCUT2D eigenvalue weighted by molar-refractivity contribution is 0.0923. The standard InChI is InChI=1S/C15H22ClN3OS/c1-3-17-13-9-8-12(16)14(19-13)15(20)18-10-4-6-11(21-2)7-5-10/h8-11H,3-7H2,1-2H3,(H,17,19)(H,18,20). The number of carbonyl (C=O) groups excluding carboxylic acids is 1. The fourth-order valence-electron chi connectivity index (χ4n) is 2.58. The van der Waals surface area contributed by atoms with Crippen molar-refractivity contribution in [3.05, 3.63) is 22.8 Å². The van der Waals surface area contributed by atoms with Crippen LogP contribution < -0.4 is 10.6 Å². The number of hydrogen-bond acceptors (Lipinski definition) is 4. The zero-order valence-electron chi connectivity index (χ0n) is 12.5. The van der Waals surface area contributed by atoms with E-state index in [1.165, 1.54) is 0 Å². The zero-order chi connectivity index (χ0) is 15.2. The van der Waals surface area contributed by atoms with Crippen LogP contribution >= 0.6 is 23.4 Å². The van der Waals surface area contributed by atoms with Crippen molar-refractivity contribution in [1.29, 1.82) is 0 Å². The molecular formula is C15H22ClN3OS. The van der Waals surface area contributed by atoms with Gasteiger partial charge in [-0.15, -0.1) is 0 Å². The molecule has 0 atom stereocenters. The quantitative estimate of drug-likeness (QED) is 0.868. The Morgan fingerprint density at radius 3 is 2.71 bits per heavy atom. The first kappa shape index (κ1) is 16.4. The smallest absolute Gasteiger partial charge is 0.271 e. The number of halogens is 1. The molecule has 0 saturated heterocycles. The highest BCUT2D eigenvalue weighted by Gasteiger charge is 2.23. The van der Waals surface area contributed by atoms with Crippen molar-refractivity contribution in [2.24, 2.45) is 0 Å². The molecule has 1 aromatic heterocycles. The van der Waals surface area contributed by atoms with Gasteiger partial charge in [0, 0.05) is 17.8 Å². The lowest BCUT2D eigenvalue weighted by atomic mass is 9.95. The van der Waals surface area contributed by atoms with Crippen LogP contribution in [0.2, 0.25) is 5.02 Å². The fraction of sp³-hybridized carbons (Fsp3) is 0.600. The van der Waals surface area contributed by atoms with E-state index < -0.39 is 0 Å². The van der Waals surface area contributed by atoms with Gasteiger partial charge in [0.2, 0.25) is 0 Å². The number of nitrogens with zero attached hydrogens (tertiary/aromatic N) is 1. The molecule has 2 N–H and O–H groups in total. The Hall–Kier alpha value is -0.940. The number of anilines is 1. The van der Waals surface area contributed by atoms with Crippen LogP contribution in [0.4, 0.5) is 5.82 Å². The number of pyridine rings is 1. The Morgan fingerprint density at radius 1 is 1.38 bits per heavy atom. The van der Waals surface area contributed by atoms with Crippen LogP contribution in [0, 0.1) is 0 Å². The average Bonchev–Trinajstić information content (AvgIpc) is 2.50. The molecule has 1 heterocycles. The van der Waals surface area contributed by atoms with Gasteiger partial charge in [0.1, 0.15) is 11.5 Å². The predicted octanol–water partition coefficient (Wildman–Crippen LogP) is 3.57. The first-order chi connectivity index (χ1) is 10.1. The van der Waals surface area contributed by atoms with Crippen molar-refractivity contribution < 1.29 is 4.79 Å². The van der Waals surface area contributed by atoms with Gasteiger partial charge in [-0.25, -0.2) is 4.98 Å². The molecule has 0 spiro atoms. The third kappa shape index (κ3) is 4.51. The Labute approximate surface area is 135 Å². The number of amides is 1. The van der Waals surface area contributed by atoms with Crippen LogP contribution in [0.5, 0.6) is 0 Å². The minimum atomic E-state index is -0.174. The van der Waals surface area contributed by atoms with Gasteiger partial charge in [0.15, 0.2) is 0 Å². The second-order valence-electron chi connectivity index (χ2n) is 5.24. The van der Waals surface area contributed by atoms with Crippen molar-refractivity contribution in [1.82, 2.24) is 10.3 Å². The maximum Gasteiger partial charge on any atom is 0.271 e. The van der Waals surface area contributed by atoms with Crippen LogP contribution in [0.3, 0.4) is 0 Å². The molecule has 0 unspecified atom stereocenters. The van der Waals surface area contributed by atoms with E-state index in [-0.39, 0.29) is 11.9 Å². The van der Waals surface area contributed by atoms with Gasteiger partial charge in [-0.05, 0) is 51.0 Å². The number of hydrogen-bond donors (Lipinski definition) is 2. The van der Waals surface area contributed by atoms with Crippen molar-refractivity contribution in [2.45, 2.75) is 43.9 Å². The van der Waals surface area contributed by atoms with Crippen molar-refractivity contribution in [3.63, 3.8) is 0 Å². The van der Waals surface area contributed by atoms with Gasteiger partial charge in [-0.3, -0.25) is 4.79 Å². The Bertz CT molecular complexity index is 490. The van der Waals surface area contributed by atoms with Gasteiger partial charge in [0.05, 0.1) is 5.02 Å². The molecule has 2 rings (SSSR count). The van der Waals surface area contributed by atoms with Gasteiger partial charge in [-0.2, -0.15) is 11.8 Å². The molecule has 1 saturated carbocycles. The van der Waals surface area contributed by atoms with E-state index in [1.54, 1.807) is 12.1 Å². The van der Waals surface area contributed by atoms with E-state index in [4.69, 9.17) is 11.6 Å². The summed E-state index contributed by atoms with van der Waals surface area (Å²) in [5.74, 6) is 0.505. The lowest BCUT2D eigenvalue weighted by Gasteiger charge is -2.28. The Kier molecular flexibility index (Phi) is 6.18. The zero-order valence-corrected chi connectivity index (χ0v) is 14.1. The number of carbonyl (C=O) groups is 1. The maximum absolute atomic E-state index is 12.4. The van der Waals surface area contributed by atoms with Crippen molar-refractivity contribution >= 4 is 35.1 Å². The molecule has 0 bridgehead atoms. The van der Waals surface area contributed by atoms with Crippen LogP contribution in [-0.2, 0) is 0 Å². The van der Waals surface area contributed by atoms with Gasteiger partial charge in [0.25, 0.3) is 5.91 Å². The molecule has 1 aliphatic rings. The SMILES string of the molecule is CCNc1ccc(Cl)c(C(=O)NC2CCC(SC)CC2)n1. The second kappa shape index (κ2) is 7.90. The van der Waals surface area contributed by atoms with Crippen molar-refractivity contribution in [3.8, 4) is 0 Å². The Balaban J connectivity index is 1.98. The van der Waals surface area contributed by atoms with Crippen LogP contribution in [0.25, 0.3) is 0 Å². The summed E-state index contributed by atoms with van der Waals surface area (Å²) < 4.78 is 0. The van der Waals surface area contributed by atoms with E-state index in [9.17, 15) is 4.79 Å². The molecule has 6 heteroatoms. The summed E-state index contributed by atoms with van der Waals surface area (Å²) in [6.45, 7) is 2.74. The largest absolute Gasteiger partial charge is 0.370 e. The van der Waals surface area contributed by atoms with E-state index in [0.717, 1.165) is 37.5 Å². The van der Waals surface area contributed by atoms with Crippen LogP contribution in [0.1, 0.15) is 43.1 Å². The normalized spacial score (nSPS) is 21.9. The lowest BCUT2D eigenvalue weighted by Crippen LogP contribution is -2.38. The maximum atomic E-state index is 12.4. The predicted molar refractivity (Wildman–Crippen MR) is 90.4 cm³/mol. The average molecular weight is 328 g/mol. The fourth-order valence-corrected chi connectivity index (χ4v) is 3.51. The minimum Gasteiger partial charge on any atom is -0.370 e. The monoisotopic (exact) mass is 327 g/mol. The number of thioether (sulfide) groups is 1. The molecule has 21 heavy (non-hydrogen) atoms. The van der Waals surface area contributed by atoms with Crippen molar-refractivity contribution in [2.75, 3.05) is 18.1 Å². The van der Waals surface area contributed by atoms with E-state index in [0.29, 0.717) is 16.5 Å². The topological polar surface area (TPSA) is 54.0 Å². The van der Waals surface area contributed by atoms with Crippen LogP contribution in [-0.4, -0.2) is 35.0 Å². The highest BCUT2D eigenvalue weighted by atomic mass is 35.5. The second-order valence-corrected chi connectivity index (χ2v) is 6.79. The molecule has 116 valence electrons. The molecule has 1 amide bonds. The summed E-state index contributed by atoms with van der Waals surface area (Å²) in [6, 6.07) is 3.74. The highest BCUT2D eigenvalue weighted by Crippen LogP contribution is 2.27. The summed E-state index contributed by atoms with van der Waals surface area (Å²) in [5, 5.41) is 7.29. The number of rotatable bonds is 5. The minimum absolute atomic E-state index is 0.174. The summed E-state index contributed by atoms with van der Waals surface area (Å²) >= 11 is 8.02. The van der Waals surface area contributed by atoms with Gasteiger partial charge in [-0.1, -0.05) is 11.6 Å². The number of nitrogens with one attached hydrogen (secondary N) is 2. The number of aromatic nitrogens is 1.